The zero-order chi connectivity index (χ0) is 12.7. The van der Waals surface area contributed by atoms with E-state index < -0.39 is 0 Å². The third-order valence-electron chi connectivity index (χ3n) is 5.11. The number of rotatable bonds is 4. The largest absolute Gasteiger partial charge is 0.0835 e. The Morgan fingerprint density at radius 2 is 1.89 bits per heavy atom. The van der Waals surface area contributed by atoms with E-state index in [0.29, 0.717) is 4.83 Å². The van der Waals surface area contributed by atoms with E-state index in [-0.39, 0.29) is 0 Å². The smallest absolute Gasteiger partial charge is 0.0431 e. The lowest BCUT2D eigenvalue weighted by atomic mass is 9.94. The van der Waals surface area contributed by atoms with Crippen LogP contribution in [0.4, 0.5) is 0 Å². The van der Waals surface area contributed by atoms with E-state index in [1.807, 2.05) is 0 Å². The van der Waals surface area contributed by atoms with Crippen LogP contribution in [0, 0.1) is 17.8 Å². The van der Waals surface area contributed by atoms with Crippen LogP contribution in [0.15, 0.2) is 18.2 Å². The first-order valence-corrected chi connectivity index (χ1v) is 8.43. The normalized spacial score (nSPS) is 31.2. The van der Waals surface area contributed by atoms with E-state index in [4.69, 9.17) is 0 Å². The summed E-state index contributed by atoms with van der Waals surface area (Å²) in [5.74, 6) is 2.99. The molecular formula is C17H23Br. The molecule has 0 spiro atoms. The van der Waals surface area contributed by atoms with Gasteiger partial charge in [0.2, 0.25) is 0 Å². The van der Waals surface area contributed by atoms with Crippen molar-refractivity contribution in [3.8, 4) is 0 Å². The highest BCUT2D eigenvalue weighted by Crippen LogP contribution is 2.64. The molecule has 0 saturated heterocycles. The standard InChI is InChI=1S/C17H23Br/c1-3-11-8-9-12(4-2)15(10-11)17(18)16-13-6-5-7-14(13)16/h8-10,13-14,16-17H,3-7H2,1-2H3. The van der Waals surface area contributed by atoms with Crippen LogP contribution in [-0.4, -0.2) is 0 Å². The minimum atomic E-state index is 0.606. The predicted molar refractivity (Wildman–Crippen MR) is 81.2 cm³/mol. The van der Waals surface area contributed by atoms with Gasteiger partial charge in [0.15, 0.2) is 0 Å². The summed E-state index contributed by atoms with van der Waals surface area (Å²) < 4.78 is 0. The van der Waals surface area contributed by atoms with Gasteiger partial charge in [0.1, 0.15) is 0 Å². The molecule has 0 bridgehead atoms. The van der Waals surface area contributed by atoms with Crippen LogP contribution >= 0.6 is 15.9 Å². The van der Waals surface area contributed by atoms with E-state index in [2.05, 4.69) is 48.0 Å². The molecule has 1 aromatic carbocycles. The molecule has 98 valence electrons. The molecule has 1 aromatic rings. The van der Waals surface area contributed by atoms with Gasteiger partial charge < -0.3 is 0 Å². The third-order valence-corrected chi connectivity index (χ3v) is 6.21. The van der Waals surface area contributed by atoms with Crippen LogP contribution in [0.5, 0.6) is 0 Å². The minimum absolute atomic E-state index is 0.606. The van der Waals surface area contributed by atoms with Crippen molar-refractivity contribution in [2.75, 3.05) is 0 Å². The average molecular weight is 307 g/mol. The second-order valence-corrected chi connectivity index (χ2v) is 6.96. The van der Waals surface area contributed by atoms with Crippen LogP contribution in [0.2, 0.25) is 0 Å². The fraction of sp³-hybridized carbons (Fsp3) is 0.647. The summed E-state index contributed by atoms with van der Waals surface area (Å²) in [6.45, 7) is 4.53. The molecule has 2 saturated carbocycles. The first-order valence-electron chi connectivity index (χ1n) is 7.52. The van der Waals surface area contributed by atoms with Crippen molar-refractivity contribution in [3.63, 3.8) is 0 Å². The maximum absolute atomic E-state index is 4.02. The van der Waals surface area contributed by atoms with Gasteiger partial charge in [0.05, 0.1) is 0 Å². The Balaban J connectivity index is 1.85. The molecule has 0 heterocycles. The summed E-state index contributed by atoms with van der Waals surface area (Å²) in [4.78, 5) is 0.606. The summed E-state index contributed by atoms with van der Waals surface area (Å²) in [5, 5.41) is 0. The Labute approximate surface area is 119 Å². The van der Waals surface area contributed by atoms with Crippen molar-refractivity contribution in [1.82, 2.24) is 0 Å². The Morgan fingerprint density at radius 1 is 1.17 bits per heavy atom. The van der Waals surface area contributed by atoms with Gasteiger partial charge in [0.25, 0.3) is 0 Å². The first kappa shape index (κ1) is 12.7. The van der Waals surface area contributed by atoms with Crippen LogP contribution in [-0.2, 0) is 12.8 Å². The fourth-order valence-electron chi connectivity index (χ4n) is 3.96. The lowest BCUT2D eigenvalue weighted by molar-refractivity contribution is 0.581. The molecule has 0 amide bonds. The number of hydrogen-bond acceptors (Lipinski definition) is 0. The van der Waals surface area contributed by atoms with E-state index in [1.54, 1.807) is 11.1 Å². The molecule has 0 aromatic heterocycles. The molecule has 2 fully saturated rings. The van der Waals surface area contributed by atoms with Gasteiger partial charge in [-0.15, -0.1) is 0 Å². The lowest BCUT2D eigenvalue weighted by Crippen LogP contribution is -2.03. The maximum atomic E-state index is 4.02. The van der Waals surface area contributed by atoms with Crippen LogP contribution in [0.25, 0.3) is 0 Å². The molecule has 3 rings (SSSR count). The van der Waals surface area contributed by atoms with Gasteiger partial charge in [-0.05, 0) is 60.1 Å². The molecule has 0 aliphatic heterocycles. The summed E-state index contributed by atoms with van der Waals surface area (Å²) in [6.07, 6.45) is 6.73. The Bertz CT molecular complexity index is 427. The molecule has 2 aliphatic carbocycles. The quantitative estimate of drug-likeness (QED) is 0.663. The summed E-state index contributed by atoms with van der Waals surface area (Å²) in [7, 11) is 0. The van der Waals surface area contributed by atoms with Gasteiger partial charge in [-0.25, -0.2) is 0 Å². The zero-order valence-electron chi connectivity index (χ0n) is 11.5. The van der Waals surface area contributed by atoms with Crippen molar-refractivity contribution < 1.29 is 0 Å². The van der Waals surface area contributed by atoms with Crippen molar-refractivity contribution in [2.24, 2.45) is 17.8 Å². The topological polar surface area (TPSA) is 0 Å². The van der Waals surface area contributed by atoms with Gasteiger partial charge in [0, 0.05) is 4.83 Å². The van der Waals surface area contributed by atoms with Crippen LogP contribution < -0.4 is 0 Å². The molecule has 0 nitrogen and oxygen atoms in total. The number of fused-ring (bicyclic) bond motifs is 1. The second kappa shape index (κ2) is 5.00. The number of aryl methyl sites for hydroxylation is 2. The van der Waals surface area contributed by atoms with Gasteiger partial charge in [-0.2, -0.15) is 0 Å². The third kappa shape index (κ3) is 2.05. The Kier molecular flexibility index (Phi) is 3.53. The van der Waals surface area contributed by atoms with E-state index >= 15 is 0 Å². The van der Waals surface area contributed by atoms with Gasteiger partial charge in [-0.3, -0.25) is 0 Å². The summed E-state index contributed by atoms with van der Waals surface area (Å²) in [5.41, 5.74) is 4.60. The molecule has 18 heavy (non-hydrogen) atoms. The maximum Gasteiger partial charge on any atom is 0.0431 e. The highest BCUT2D eigenvalue weighted by molar-refractivity contribution is 9.09. The predicted octanol–water partition coefficient (Wildman–Crippen LogP) is 5.29. The van der Waals surface area contributed by atoms with Crippen molar-refractivity contribution in [3.05, 3.63) is 34.9 Å². The van der Waals surface area contributed by atoms with Gasteiger partial charge in [-0.1, -0.05) is 54.4 Å². The first-order chi connectivity index (χ1) is 8.76. The highest BCUT2D eigenvalue weighted by Gasteiger charge is 2.55. The lowest BCUT2D eigenvalue weighted by Gasteiger charge is -2.17. The number of halogens is 1. The number of alkyl halides is 1. The molecule has 1 heteroatoms. The summed E-state index contributed by atoms with van der Waals surface area (Å²) in [6, 6.07) is 7.10. The Morgan fingerprint density at radius 3 is 2.50 bits per heavy atom. The molecule has 0 radical (unpaired) electrons. The number of benzene rings is 1. The highest BCUT2D eigenvalue weighted by atomic mass is 79.9. The monoisotopic (exact) mass is 306 g/mol. The molecule has 3 unspecified atom stereocenters. The fourth-order valence-corrected chi connectivity index (χ4v) is 5.17. The van der Waals surface area contributed by atoms with Crippen molar-refractivity contribution in [1.29, 1.82) is 0 Å². The van der Waals surface area contributed by atoms with Crippen LogP contribution in [0.1, 0.15) is 54.6 Å². The molecule has 3 atom stereocenters. The zero-order valence-corrected chi connectivity index (χ0v) is 13.0. The number of hydrogen-bond donors (Lipinski definition) is 0. The van der Waals surface area contributed by atoms with E-state index in [0.717, 1.165) is 30.6 Å². The van der Waals surface area contributed by atoms with E-state index in [1.165, 1.54) is 24.8 Å². The molecule has 2 aliphatic rings. The molecule has 0 N–H and O–H groups in total. The summed E-state index contributed by atoms with van der Waals surface area (Å²) >= 11 is 4.02. The minimum Gasteiger partial charge on any atom is -0.0835 e. The average Bonchev–Trinajstić information content (AvgIpc) is 2.89. The van der Waals surface area contributed by atoms with Crippen LogP contribution in [0.3, 0.4) is 0 Å². The SMILES string of the molecule is CCc1ccc(CC)c(C(Br)C2C3CCCC32)c1. The molecular weight excluding hydrogens is 284 g/mol. The Hall–Kier alpha value is -0.300. The van der Waals surface area contributed by atoms with Gasteiger partial charge >= 0.3 is 0 Å². The van der Waals surface area contributed by atoms with Crippen molar-refractivity contribution in [2.45, 2.75) is 50.8 Å². The van der Waals surface area contributed by atoms with E-state index in [9.17, 15) is 0 Å². The second-order valence-electron chi connectivity index (χ2n) is 5.98. The van der Waals surface area contributed by atoms with Crippen molar-refractivity contribution >= 4 is 15.9 Å².